The second-order valence-corrected chi connectivity index (χ2v) is 6.62. The van der Waals surface area contributed by atoms with Crippen LogP contribution in [0.15, 0.2) is 53.9 Å². The van der Waals surface area contributed by atoms with Crippen molar-refractivity contribution in [2.24, 2.45) is 0 Å². The van der Waals surface area contributed by atoms with Crippen molar-refractivity contribution >= 4 is 23.2 Å². The van der Waals surface area contributed by atoms with E-state index in [1.807, 2.05) is 12.3 Å². The van der Waals surface area contributed by atoms with Crippen molar-refractivity contribution in [3.05, 3.63) is 81.6 Å². The lowest BCUT2D eigenvalue weighted by Crippen LogP contribution is -2.41. The Morgan fingerprint density at radius 1 is 1.07 bits per heavy atom. The van der Waals surface area contributed by atoms with E-state index in [1.54, 1.807) is 35.6 Å². The van der Waals surface area contributed by atoms with E-state index in [2.05, 4.69) is 15.8 Å². The molecule has 0 saturated heterocycles. The summed E-state index contributed by atoms with van der Waals surface area (Å²) in [5.41, 5.74) is 5.44. The molecule has 1 aromatic heterocycles. The molecule has 0 radical (unpaired) electrons. The van der Waals surface area contributed by atoms with Gasteiger partial charge in [-0.05, 0) is 43.3 Å². The molecule has 6 nitrogen and oxygen atoms in total. The number of thiazole rings is 1. The van der Waals surface area contributed by atoms with E-state index >= 15 is 0 Å². The fourth-order valence-corrected chi connectivity index (χ4v) is 2.83. The van der Waals surface area contributed by atoms with Gasteiger partial charge in [0.1, 0.15) is 18.2 Å². The van der Waals surface area contributed by atoms with E-state index in [-0.39, 0.29) is 5.56 Å². The number of aromatic nitrogens is 1. The van der Waals surface area contributed by atoms with E-state index in [4.69, 9.17) is 4.74 Å². The average molecular weight is 385 g/mol. The molecule has 2 N–H and O–H groups in total. The normalized spacial score (nSPS) is 10.3. The lowest BCUT2D eigenvalue weighted by molar-refractivity contribution is 0.0844. The van der Waals surface area contributed by atoms with Gasteiger partial charge in [0.25, 0.3) is 11.8 Å². The van der Waals surface area contributed by atoms with Crippen LogP contribution in [0.2, 0.25) is 0 Å². The van der Waals surface area contributed by atoms with Crippen LogP contribution >= 0.6 is 11.3 Å². The van der Waals surface area contributed by atoms with Gasteiger partial charge >= 0.3 is 0 Å². The molecule has 0 atom stereocenters. The summed E-state index contributed by atoms with van der Waals surface area (Å²) in [5.74, 6) is -1.34. The summed E-state index contributed by atoms with van der Waals surface area (Å²) < 4.78 is 19.1. The Bertz CT molecular complexity index is 957. The topological polar surface area (TPSA) is 80.3 Å². The number of benzene rings is 2. The van der Waals surface area contributed by atoms with Gasteiger partial charge in [-0.2, -0.15) is 0 Å². The third-order valence-corrected chi connectivity index (χ3v) is 4.40. The summed E-state index contributed by atoms with van der Waals surface area (Å²) in [5, 5.41) is 2.90. The largest absolute Gasteiger partial charge is 0.487 e. The summed E-state index contributed by atoms with van der Waals surface area (Å²) >= 11 is 1.55. The summed E-state index contributed by atoms with van der Waals surface area (Å²) in [6.07, 6.45) is 0. The van der Waals surface area contributed by atoms with Crippen LogP contribution in [-0.2, 0) is 6.61 Å². The van der Waals surface area contributed by atoms with Crippen molar-refractivity contribution in [1.82, 2.24) is 15.8 Å². The van der Waals surface area contributed by atoms with Gasteiger partial charge in [0.05, 0.1) is 16.3 Å². The molecular weight excluding hydrogens is 369 g/mol. The zero-order valence-corrected chi connectivity index (χ0v) is 15.2. The molecule has 138 valence electrons. The molecule has 27 heavy (non-hydrogen) atoms. The van der Waals surface area contributed by atoms with Crippen molar-refractivity contribution in [2.75, 3.05) is 0 Å². The average Bonchev–Trinajstić information content (AvgIpc) is 3.10. The standard InChI is InChI=1S/C19H16FN3O3S/c1-12-21-14(11-27-12)10-26-15-8-6-13(7-9-15)18(24)22-23-19(25)16-4-2-3-5-17(16)20/h2-9,11H,10H2,1H3,(H,22,24)(H,23,25). The molecule has 0 fully saturated rings. The van der Waals surface area contributed by atoms with Crippen LogP contribution < -0.4 is 15.6 Å². The Balaban J connectivity index is 1.52. The first-order chi connectivity index (χ1) is 13.0. The maximum absolute atomic E-state index is 13.5. The number of hydrogen-bond acceptors (Lipinski definition) is 5. The fourth-order valence-electron chi connectivity index (χ4n) is 2.23. The highest BCUT2D eigenvalue weighted by Gasteiger charge is 2.12. The van der Waals surface area contributed by atoms with Crippen molar-refractivity contribution in [2.45, 2.75) is 13.5 Å². The van der Waals surface area contributed by atoms with Gasteiger partial charge in [-0.3, -0.25) is 20.4 Å². The van der Waals surface area contributed by atoms with Crippen LogP contribution in [0, 0.1) is 12.7 Å². The number of carbonyl (C=O) groups is 2. The molecule has 3 aromatic rings. The summed E-state index contributed by atoms with van der Waals surface area (Å²) in [6.45, 7) is 2.26. The molecule has 0 aliphatic rings. The van der Waals surface area contributed by atoms with Crippen molar-refractivity contribution in [3.8, 4) is 5.75 Å². The Morgan fingerprint density at radius 2 is 1.78 bits per heavy atom. The van der Waals surface area contributed by atoms with E-state index < -0.39 is 17.6 Å². The number of amides is 2. The van der Waals surface area contributed by atoms with E-state index in [0.29, 0.717) is 17.9 Å². The van der Waals surface area contributed by atoms with Gasteiger partial charge in [-0.15, -0.1) is 11.3 Å². The molecule has 0 bridgehead atoms. The number of halogens is 1. The minimum atomic E-state index is -0.736. The maximum atomic E-state index is 13.5. The SMILES string of the molecule is Cc1nc(COc2ccc(C(=O)NNC(=O)c3ccccc3F)cc2)cs1. The molecule has 8 heteroatoms. The Kier molecular flexibility index (Phi) is 5.77. The lowest BCUT2D eigenvalue weighted by atomic mass is 10.2. The van der Waals surface area contributed by atoms with Crippen molar-refractivity contribution < 1.29 is 18.7 Å². The van der Waals surface area contributed by atoms with Crippen molar-refractivity contribution in [1.29, 1.82) is 0 Å². The molecular formula is C19H16FN3O3S. The maximum Gasteiger partial charge on any atom is 0.272 e. The monoisotopic (exact) mass is 385 g/mol. The second-order valence-electron chi connectivity index (χ2n) is 5.56. The highest BCUT2D eigenvalue weighted by Crippen LogP contribution is 2.15. The molecule has 0 aliphatic carbocycles. The summed E-state index contributed by atoms with van der Waals surface area (Å²) in [6, 6.07) is 11.9. The molecule has 0 unspecified atom stereocenters. The van der Waals surface area contributed by atoms with Crippen LogP contribution in [0.3, 0.4) is 0 Å². The number of nitrogens with zero attached hydrogens (tertiary/aromatic N) is 1. The molecule has 2 amide bonds. The molecule has 1 heterocycles. The van der Waals surface area contributed by atoms with Gasteiger partial charge in [0, 0.05) is 10.9 Å². The van der Waals surface area contributed by atoms with Gasteiger partial charge < -0.3 is 4.74 Å². The highest BCUT2D eigenvalue weighted by atomic mass is 32.1. The Hall–Kier alpha value is -3.26. The predicted molar refractivity (Wildman–Crippen MR) is 99.0 cm³/mol. The zero-order valence-electron chi connectivity index (χ0n) is 14.4. The number of aryl methyl sites for hydroxylation is 1. The molecule has 3 rings (SSSR count). The number of rotatable bonds is 5. The third-order valence-electron chi connectivity index (χ3n) is 3.58. The van der Waals surface area contributed by atoms with Gasteiger partial charge in [-0.25, -0.2) is 9.37 Å². The second kappa shape index (κ2) is 8.41. The van der Waals surface area contributed by atoms with Gasteiger partial charge in [-0.1, -0.05) is 12.1 Å². The number of nitrogens with one attached hydrogen (secondary N) is 2. The summed E-state index contributed by atoms with van der Waals surface area (Å²) in [4.78, 5) is 28.3. The van der Waals surface area contributed by atoms with E-state index in [9.17, 15) is 14.0 Å². The lowest BCUT2D eigenvalue weighted by Gasteiger charge is -2.09. The molecule has 0 spiro atoms. The van der Waals surface area contributed by atoms with Crippen LogP contribution in [0.1, 0.15) is 31.4 Å². The molecule has 0 aliphatic heterocycles. The summed E-state index contributed by atoms with van der Waals surface area (Å²) in [7, 11) is 0. The minimum absolute atomic E-state index is 0.154. The third kappa shape index (κ3) is 4.89. The minimum Gasteiger partial charge on any atom is -0.487 e. The number of ether oxygens (including phenoxy) is 1. The fraction of sp³-hybridized carbons (Fsp3) is 0.105. The Labute approximate surface area is 159 Å². The first-order valence-corrected chi connectivity index (χ1v) is 8.90. The Morgan fingerprint density at radius 3 is 2.44 bits per heavy atom. The molecule has 0 saturated carbocycles. The van der Waals surface area contributed by atoms with Gasteiger partial charge in [0.2, 0.25) is 0 Å². The van der Waals surface area contributed by atoms with E-state index in [0.717, 1.165) is 10.7 Å². The van der Waals surface area contributed by atoms with Gasteiger partial charge in [0.15, 0.2) is 0 Å². The first-order valence-electron chi connectivity index (χ1n) is 8.02. The number of hydrazine groups is 1. The van der Waals surface area contributed by atoms with Crippen LogP contribution in [0.4, 0.5) is 4.39 Å². The van der Waals surface area contributed by atoms with Crippen molar-refractivity contribution in [3.63, 3.8) is 0 Å². The zero-order chi connectivity index (χ0) is 19.2. The van der Waals surface area contributed by atoms with Crippen LogP contribution in [0.25, 0.3) is 0 Å². The van der Waals surface area contributed by atoms with E-state index in [1.165, 1.54) is 24.3 Å². The quantitative estimate of drug-likeness (QED) is 0.661. The molecule has 2 aromatic carbocycles. The first kappa shape index (κ1) is 18.5. The van der Waals surface area contributed by atoms with Crippen LogP contribution in [0.5, 0.6) is 5.75 Å². The smallest absolute Gasteiger partial charge is 0.272 e. The number of hydrogen-bond donors (Lipinski definition) is 2. The highest BCUT2D eigenvalue weighted by molar-refractivity contribution is 7.09. The number of carbonyl (C=O) groups excluding carboxylic acids is 2. The predicted octanol–water partition coefficient (Wildman–Crippen LogP) is 3.24. The van der Waals surface area contributed by atoms with Crippen LogP contribution in [-0.4, -0.2) is 16.8 Å².